The van der Waals surface area contributed by atoms with Crippen LogP contribution in [0.4, 0.5) is 10.1 Å². The van der Waals surface area contributed by atoms with Gasteiger partial charge in [-0.15, -0.1) is 9.24 Å². The number of benzene rings is 1. The van der Waals surface area contributed by atoms with Crippen molar-refractivity contribution in [2.45, 2.75) is 72.8 Å². The summed E-state index contributed by atoms with van der Waals surface area (Å²) in [6.45, 7) is 0.951. The van der Waals surface area contributed by atoms with Crippen LogP contribution in [0.15, 0.2) is 29.2 Å². The van der Waals surface area contributed by atoms with Gasteiger partial charge in [-0.25, -0.2) is 12.8 Å². The quantitative estimate of drug-likeness (QED) is 0.258. The number of hydrogen-bond acceptors (Lipinski definition) is 5. The molecule has 42 heavy (non-hydrogen) atoms. The fourth-order valence-electron chi connectivity index (χ4n) is 5.88. The Hall–Kier alpha value is -1.41. The molecule has 1 aromatic heterocycles. The first-order valence-corrected chi connectivity index (χ1v) is 18.0. The first kappa shape index (κ1) is 33.5. The van der Waals surface area contributed by atoms with Crippen molar-refractivity contribution in [3.8, 4) is 11.8 Å². The molecule has 1 heterocycles. The van der Waals surface area contributed by atoms with E-state index in [4.69, 9.17) is 7.85 Å². The maximum atomic E-state index is 15.1. The van der Waals surface area contributed by atoms with Crippen LogP contribution in [0.2, 0.25) is 0 Å². The van der Waals surface area contributed by atoms with Crippen LogP contribution in [-0.4, -0.2) is 77.3 Å². The van der Waals surface area contributed by atoms with E-state index in [1.807, 2.05) is 11.9 Å². The molecule has 1 aromatic carbocycles. The molecule has 0 saturated heterocycles. The molecule has 12 heteroatoms. The van der Waals surface area contributed by atoms with E-state index in [0.29, 0.717) is 30.9 Å². The zero-order valence-electron chi connectivity index (χ0n) is 25.0. The normalized spacial score (nSPS) is 19.9. The van der Waals surface area contributed by atoms with Gasteiger partial charge >= 0.3 is 0 Å². The maximum Gasteiger partial charge on any atom is 0.175 e. The second-order valence-corrected chi connectivity index (χ2v) is 17.0. The van der Waals surface area contributed by atoms with Crippen LogP contribution in [0.25, 0.3) is 11.8 Å². The third-order valence-corrected chi connectivity index (χ3v) is 10.1. The molecule has 0 amide bonds. The summed E-state index contributed by atoms with van der Waals surface area (Å²) in [5.74, 6) is 6.62. The van der Waals surface area contributed by atoms with Crippen molar-refractivity contribution < 1.29 is 12.8 Å². The van der Waals surface area contributed by atoms with Gasteiger partial charge in [-0.1, -0.05) is 30.5 Å². The highest BCUT2D eigenvalue weighted by Gasteiger charge is 2.27. The molecule has 2 aliphatic rings. The van der Waals surface area contributed by atoms with Gasteiger partial charge in [0.25, 0.3) is 0 Å². The zero-order valence-corrected chi connectivity index (χ0v) is 29.3. The highest BCUT2D eigenvalue weighted by molar-refractivity contribution is 7.90. The van der Waals surface area contributed by atoms with Crippen LogP contribution in [-0.2, 0) is 21.5 Å². The molecule has 1 fully saturated rings. The van der Waals surface area contributed by atoms with Crippen molar-refractivity contribution in [1.82, 2.24) is 14.8 Å². The molecule has 4 unspecified atom stereocenters. The van der Waals surface area contributed by atoms with Crippen LogP contribution < -0.4 is 20.8 Å². The molecule has 0 bridgehead atoms. The van der Waals surface area contributed by atoms with Crippen LogP contribution in [0.1, 0.15) is 49.8 Å². The number of fused-ring (bicyclic) bond motifs is 1. The highest BCUT2D eigenvalue weighted by Crippen LogP contribution is 2.45. The van der Waals surface area contributed by atoms with E-state index in [1.165, 1.54) is 48.7 Å². The van der Waals surface area contributed by atoms with Crippen molar-refractivity contribution in [1.29, 1.82) is 0 Å². The van der Waals surface area contributed by atoms with Crippen molar-refractivity contribution in [3.63, 3.8) is 0 Å². The van der Waals surface area contributed by atoms with Crippen molar-refractivity contribution in [2.75, 3.05) is 38.8 Å². The predicted molar refractivity (Wildman–Crippen MR) is 185 cm³/mol. The topological polar surface area (TPSA) is 57.6 Å². The molecular weight excluding hydrogens is 603 g/mol. The number of nitrogens with one attached hydrogen (secondary N) is 1. The summed E-state index contributed by atoms with van der Waals surface area (Å²) in [4.78, 5) is 4.25. The van der Waals surface area contributed by atoms with Crippen LogP contribution >= 0.6 is 27.7 Å². The molecule has 0 spiro atoms. The first-order chi connectivity index (χ1) is 19.6. The van der Waals surface area contributed by atoms with Crippen molar-refractivity contribution in [2.24, 2.45) is 0 Å². The Balaban J connectivity index is 1.62. The minimum atomic E-state index is -3.48. The lowest BCUT2D eigenvalue weighted by atomic mass is 9.90. The highest BCUT2D eigenvalue weighted by atomic mass is 32.2. The summed E-state index contributed by atoms with van der Waals surface area (Å²) in [6.07, 6.45) is 10.1. The lowest BCUT2D eigenvalue weighted by molar-refractivity contribution is 0.210. The zero-order chi connectivity index (χ0) is 30.8. The summed E-state index contributed by atoms with van der Waals surface area (Å²) in [5, 5.41) is 4.36. The minimum Gasteiger partial charge on any atom is -0.385 e. The average Bonchev–Trinajstić information content (AvgIpc) is 3.25. The lowest BCUT2D eigenvalue weighted by Gasteiger charge is -2.34. The molecule has 4 atom stereocenters. The smallest absolute Gasteiger partial charge is 0.175 e. The molecule has 2 aliphatic carbocycles. The number of nitrogens with zero attached hydrogens (tertiary/aromatic N) is 3. The third-order valence-electron chi connectivity index (χ3n) is 8.15. The molecular formula is C30H43BFN4O2P3S. The molecule has 2 aromatic rings. The summed E-state index contributed by atoms with van der Waals surface area (Å²) >= 11 is 0. The lowest BCUT2D eigenvalue weighted by Crippen LogP contribution is -2.43. The number of alkyl halides is 1. The Morgan fingerprint density at radius 3 is 2.48 bits per heavy atom. The SMILES string of the molecule is [B]C(P)Cn1c(C#CCN(C)c2ccc(S(C)(=O)=O)cc2C(F)(P)P)cc2c1=CCCC=2NC1CCC(N(C)C)CC1. The van der Waals surface area contributed by atoms with Gasteiger partial charge < -0.3 is 19.7 Å². The van der Waals surface area contributed by atoms with Crippen molar-refractivity contribution in [3.05, 3.63) is 46.1 Å². The monoisotopic (exact) mass is 646 g/mol. The molecule has 1 N–H and O–H groups in total. The van der Waals surface area contributed by atoms with Gasteiger partial charge in [0.15, 0.2) is 15.0 Å². The van der Waals surface area contributed by atoms with Crippen LogP contribution in [0, 0.1) is 11.8 Å². The van der Waals surface area contributed by atoms with Gasteiger partial charge in [0, 0.05) is 59.4 Å². The van der Waals surface area contributed by atoms with E-state index in [-0.39, 0.29) is 16.0 Å². The van der Waals surface area contributed by atoms with Gasteiger partial charge in [0.2, 0.25) is 0 Å². The summed E-state index contributed by atoms with van der Waals surface area (Å²) in [5.41, 5.74) is 2.88. The second-order valence-electron chi connectivity index (χ2n) is 11.8. The van der Waals surface area contributed by atoms with Crippen molar-refractivity contribution >= 4 is 62.9 Å². The Labute approximate surface area is 259 Å². The van der Waals surface area contributed by atoms with Crippen LogP contribution in [0.3, 0.4) is 0 Å². The summed E-state index contributed by atoms with van der Waals surface area (Å²) in [7, 11) is 15.8. The van der Waals surface area contributed by atoms with E-state index in [9.17, 15) is 8.42 Å². The first-order valence-electron chi connectivity index (χ1n) is 14.3. The molecule has 2 radical (unpaired) electrons. The second kappa shape index (κ2) is 13.7. The van der Waals surface area contributed by atoms with Gasteiger partial charge in [0.1, 0.15) is 0 Å². The van der Waals surface area contributed by atoms with E-state index >= 15 is 4.39 Å². The van der Waals surface area contributed by atoms with E-state index < -0.39 is 15.0 Å². The Morgan fingerprint density at radius 2 is 1.88 bits per heavy atom. The molecule has 1 saturated carbocycles. The largest absolute Gasteiger partial charge is 0.385 e. The van der Waals surface area contributed by atoms with E-state index in [2.05, 4.69) is 80.6 Å². The Bertz CT molecular complexity index is 1580. The fraction of sp³-hybridized carbons (Fsp3) is 0.533. The molecule has 6 nitrogen and oxygen atoms in total. The predicted octanol–water partition coefficient (Wildman–Crippen LogP) is 2.72. The van der Waals surface area contributed by atoms with Crippen LogP contribution in [0.5, 0.6) is 0 Å². The van der Waals surface area contributed by atoms with Gasteiger partial charge in [-0.2, -0.15) is 0 Å². The summed E-state index contributed by atoms with van der Waals surface area (Å²) in [6, 6.07) is 7.85. The number of halogens is 1. The number of sulfone groups is 1. The summed E-state index contributed by atoms with van der Waals surface area (Å²) < 4.78 is 41.5. The third kappa shape index (κ3) is 8.19. The van der Waals surface area contributed by atoms with Gasteiger partial charge in [-0.05, 0) is 88.4 Å². The van der Waals surface area contributed by atoms with E-state index in [0.717, 1.165) is 30.1 Å². The Morgan fingerprint density at radius 1 is 1.19 bits per heavy atom. The fourth-order valence-corrected chi connectivity index (χ4v) is 7.20. The van der Waals surface area contributed by atoms with E-state index in [1.54, 1.807) is 6.07 Å². The molecule has 4 rings (SSSR count). The standard InChI is InChI=1S/C30H43BFN4O2P3S/c1-34(2)21-12-10-20(11-13-21)33-26-8-5-9-27-24(26)17-22(36(27)19-29(31)39)7-6-16-35(3)28-15-14-23(42(4,37)38)18-25(28)30(32,40)41/h9,14-15,17-18,20-21,29,33H,5,8,10-13,16,19,39-41H2,1-4H3. The Kier molecular flexibility index (Phi) is 10.9. The van der Waals surface area contributed by atoms with Gasteiger partial charge in [0.05, 0.1) is 25.0 Å². The molecule has 226 valence electrons. The minimum absolute atomic E-state index is 0.0764. The maximum absolute atomic E-state index is 15.1. The number of rotatable bonds is 9. The average molecular weight is 646 g/mol. The number of hydrogen-bond donors (Lipinski definition) is 1. The molecule has 0 aliphatic heterocycles. The number of aromatic nitrogens is 1. The van der Waals surface area contributed by atoms with Gasteiger partial charge in [-0.3, -0.25) is 0 Å². The number of anilines is 1.